The maximum absolute atomic E-state index is 12.9. The fourth-order valence-electron chi connectivity index (χ4n) is 3.17. The molecule has 1 fully saturated rings. The van der Waals surface area contributed by atoms with Crippen LogP contribution in [-0.2, 0) is 9.59 Å². The average Bonchev–Trinajstić information content (AvgIpc) is 3.45. The standard InChI is InChI=1S/C21H24N2O2/c1-16(24)23(19-12-13-19)15-14-22-21(25)20(17-8-4-2-5-9-17)18-10-6-3-7-11-18/h2-11,19-20H,12-15H2,1H3,(H,22,25). The van der Waals surface area contributed by atoms with E-state index in [1.54, 1.807) is 6.92 Å². The molecule has 1 saturated carbocycles. The molecule has 2 aromatic rings. The number of carbonyl (C=O) groups excluding carboxylic acids is 2. The van der Waals surface area contributed by atoms with Crippen molar-refractivity contribution in [1.82, 2.24) is 10.2 Å². The molecule has 4 heteroatoms. The highest BCUT2D eigenvalue weighted by atomic mass is 16.2. The van der Waals surface area contributed by atoms with E-state index < -0.39 is 0 Å². The van der Waals surface area contributed by atoms with Crippen molar-refractivity contribution < 1.29 is 9.59 Å². The van der Waals surface area contributed by atoms with Gasteiger partial charge in [-0.1, -0.05) is 60.7 Å². The fraction of sp³-hybridized carbons (Fsp3) is 0.333. The first-order chi connectivity index (χ1) is 12.2. The molecule has 3 rings (SSSR count). The van der Waals surface area contributed by atoms with Crippen LogP contribution in [0.15, 0.2) is 60.7 Å². The molecule has 0 saturated heterocycles. The van der Waals surface area contributed by atoms with Crippen LogP contribution in [0.2, 0.25) is 0 Å². The van der Waals surface area contributed by atoms with Gasteiger partial charge in [0.1, 0.15) is 0 Å². The van der Waals surface area contributed by atoms with Gasteiger partial charge in [-0.05, 0) is 24.0 Å². The Hall–Kier alpha value is -2.62. The molecule has 0 heterocycles. The summed E-state index contributed by atoms with van der Waals surface area (Å²) >= 11 is 0. The molecule has 0 bridgehead atoms. The molecule has 0 atom stereocenters. The summed E-state index contributed by atoms with van der Waals surface area (Å²) in [6.07, 6.45) is 2.15. The molecule has 2 amide bonds. The zero-order chi connectivity index (χ0) is 17.6. The van der Waals surface area contributed by atoms with Crippen LogP contribution in [0.3, 0.4) is 0 Å². The van der Waals surface area contributed by atoms with Crippen molar-refractivity contribution in [1.29, 1.82) is 0 Å². The van der Waals surface area contributed by atoms with E-state index in [4.69, 9.17) is 0 Å². The van der Waals surface area contributed by atoms with Crippen molar-refractivity contribution in [3.05, 3.63) is 71.8 Å². The summed E-state index contributed by atoms with van der Waals surface area (Å²) in [6.45, 7) is 2.64. The Morgan fingerprint density at radius 1 is 1.00 bits per heavy atom. The highest BCUT2D eigenvalue weighted by Crippen LogP contribution is 2.27. The number of hydrogen-bond acceptors (Lipinski definition) is 2. The molecule has 2 aromatic carbocycles. The molecule has 1 aliphatic carbocycles. The maximum Gasteiger partial charge on any atom is 0.232 e. The first kappa shape index (κ1) is 17.2. The predicted molar refractivity (Wildman–Crippen MR) is 98.1 cm³/mol. The van der Waals surface area contributed by atoms with Gasteiger partial charge >= 0.3 is 0 Å². The molecule has 0 aromatic heterocycles. The third kappa shape index (κ3) is 4.47. The normalized spacial score (nSPS) is 13.5. The molecule has 25 heavy (non-hydrogen) atoms. The SMILES string of the molecule is CC(=O)N(CCNC(=O)C(c1ccccc1)c1ccccc1)C1CC1. The summed E-state index contributed by atoms with van der Waals surface area (Å²) in [4.78, 5) is 26.4. The van der Waals surface area contributed by atoms with Crippen molar-refractivity contribution in [2.24, 2.45) is 0 Å². The Labute approximate surface area is 148 Å². The van der Waals surface area contributed by atoms with Gasteiger partial charge in [0, 0.05) is 26.1 Å². The van der Waals surface area contributed by atoms with E-state index >= 15 is 0 Å². The lowest BCUT2D eigenvalue weighted by atomic mass is 9.90. The predicted octanol–water partition coefficient (Wildman–Crippen LogP) is 2.95. The van der Waals surface area contributed by atoms with Gasteiger partial charge in [0.15, 0.2) is 0 Å². The van der Waals surface area contributed by atoms with E-state index in [0.29, 0.717) is 19.1 Å². The first-order valence-corrected chi connectivity index (χ1v) is 8.81. The zero-order valence-electron chi connectivity index (χ0n) is 14.5. The molecular weight excluding hydrogens is 312 g/mol. The van der Waals surface area contributed by atoms with E-state index in [-0.39, 0.29) is 17.7 Å². The highest BCUT2D eigenvalue weighted by molar-refractivity contribution is 5.87. The number of hydrogen-bond donors (Lipinski definition) is 1. The zero-order valence-corrected chi connectivity index (χ0v) is 14.5. The first-order valence-electron chi connectivity index (χ1n) is 8.81. The van der Waals surface area contributed by atoms with E-state index in [1.807, 2.05) is 65.6 Å². The second-order valence-electron chi connectivity index (χ2n) is 6.49. The summed E-state index contributed by atoms with van der Waals surface area (Å²) < 4.78 is 0. The van der Waals surface area contributed by atoms with Crippen LogP contribution in [0.4, 0.5) is 0 Å². The summed E-state index contributed by atoms with van der Waals surface area (Å²) in [5.41, 5.74) is 1.94. The van der Waals surface area contributed by atoms with Gasteiger partial charge < -0.3 is 10.2 Å². The van der Waals surface area contributed by atoms with Crippen LogP contribution in [0.5, 0.6) is 0 Å². The van der Waals surface area contributed by atoms with Crippen LogP contribution in [0.25, 0.3) is 0 Å². The minimum Gasteiger partial charge on any atom is -0.354 e. The van der Waals surface area contributed by atoms with Crippen molar-refractivity contribution in [3.63, 3.8) is 0 Å². The van der Waals surface area contributed by atoms with Crippen LogP contribution in [-0.4, -0.2) is 35.8 Å². The number of nitrogens with zero attached hydrogens (tertiary/aromatic N) is 1. The summed E-state index contributed by atoms with van der Waals surface area (Å²) in [5, 5.41) is 3.01. The number of amides is 2. The van der Waals surface area contributed by atoms with E-state index in [0.717, 1.165) is 24.0 Å². The maximum atomic E-state index is 12.9. The van der Waals surface area contributed by atoms with Crippen molar-refractivity contribution >= 4 is 11.8 Å². The Bertz CT molecular complexity index is 672. The van der Waals surface area contributed by atoms with Crippen molar-refractivity contribution in [2.75, 3.05) is 13.1 Å². The summed E-state index contributed by atoms with van der Waals surface area (Å²) in [7, 11) is 0. The van der Waals surface area contributed by atoms with Gasteiger partial charge in [0.25, 0.3) is 0 Å². The van der Waals surface area contributed by atoms with Gasteiger partial charge in [-0.3, -0.25) is 9.59 Å². The molecule has 0 aliphatic heterocycles. The highest BCUT2D eigenvalue weighted by Gasteiger charge is 2.30. The Kier molecular flexibility index (Phi) is 5.49. The lowest BCUT2D eigenvalue weighted by molar-refractivity contribution is -0.130. The molecule has 0 spiro atoms. The van der Waals surface area contributed by atoms with Crippen molar-refractivity contribution in [3.8, 4) is 0 Å². The quantitative estimate of drug-likeness (QED) is 0.845. The van der Waals surface area contributed by atoms with E-state index in [1.165, 1.54) is 0 Å². The summed E-state index contributed by atoms with van der Waals surface area (Å²) in [6, 6.07) is 20.0. The van der Waals surface area contributed by atoms with Gasteiger partial charge in [0.2, 0.25) is 11.8 Å². The molecule has 1 aliphatic rings. The Morgan fingerprint density at radius 2 is 1.52 bits per heavy atom. The molecule has 1 N–H and O–H groups in total. The lowest BCUT2D eigenvalue weighted by Crippen LogP contribution is -2.40. The van der Waals surface area contributed by atoms with Gasteiger partial charge in [0.05, 0.1) is 5.92 Å². The summed E-state index contributed by atoms with van der Waals surface area (Å²) in [5.74, 6) is -0.287. The minimum absolute atomic E-state index is 0.0308. The third-order valence-corrected chi connectivity index (χ3v) is 4.57. The van der Waals surface area contributed by atoms with Crippen molar-refractivity contribution in [2.45, 2.75) is 31.7 Å². The number of rotatable bonds is 7. The molecular formula is C21H24N2O2. The second-order valence-corrected chi connectivity index (χ2v) is 6.49. The monoisotopic (exact) mass is 336 g/mol. The lowest BCUT2D eigenvalue weighted by Gasteiger charge is -2.22. The van der Waals surface area contributed by atoms with E-state index in [2.05, 4.69) is 5.32 Å². The van der Waals surface area contributed by atoms with Crippen LogP contribution in [0, 0.1) is 0 Å². The molecule has 4 nitrogen and oxygen atoms in total. The number of carbonyl (C=O) groups is 2. The largest absolute Gasteiger partial charge is 0.354 e. The third-order valence-electron chi connectivity index (χ3n) is 4.57. The van der Waals surface area contributed by atoms with Gasteiger partial charge in [-0.15, -0.1) is 0 Å². The number of nitrogens with one attached hydrogen (secondary N) is 1. The fourth-order valence-corrected chi connectivity index (χ4v) is 3.17. The molecule has 130 valence electrons. The molecule has 0 unspecified atom stereocenters. The topological polar surface area (TPSA) is 49.4 Å². The number of benzene rings is 2. The van der Waals surface area contributed by atoms with Crippen LogP contribution in [0.1, 0.15) is 36.8 Å². The van der Waals surface area contributed by atoms with Crippen LogP contribution >= 0.6 is 0 Å². The van der Waals surface area contributed by atoms with E-state index in [9.17, 15) is 9.59 Å². The second kappa shape index (κ2) is 7.97. The molecule has 0 radical (unpaired) electrons. The van der Waals surface area contributed by atoms with Gasteiger partial charge in [-0.25, -0.2) is 0 Å². The average molecular weight is 336 g/mol. The smallest absolute Gasteiger partial charge is 0.232 e. The van der Waals surface area contributed by atoms with Crippen LogP contribution < -0.4 is 5.32 Å². The van der Waals surface area contributed by atoms with Gasteiger partial charge in [-0.2, -0.15) is 0 Å². The minimum atomic E-state index is -0.339. The Balaban J connectivity index is 1.68. The Morgan fingerprint density at radius 3 is 1.96 bits per heavy atom.